The van der Waals surface area contributed by atoms with Crippen LogP contribution in [0, 0.1) is 6.92 Å². The molecular formula is C19H23N. The highest BCUT2D eigenvalue weighted by Gasteiger charge is 2.24. The van der Waals surface area contributed by atoms with Crippen molar-refractivity contribution in [2.45, 2.75) is 19.3 Å². The van der Waals surface area contributed by atoms with Crippen LogP contribution in [0.1, 0.15) is 18.1 Å². The van der Waals surface area contributed by atoms with Crippen molar-refractivity contribution in [2.24, 2.45) is 0 Å². The summed E-state index contributed by atoms with van der Waals surface area (Å²) in [7, 11) is 2.13. The fourth-order valence-electron chi connectivity index (χ4n) is 2.47. The summed E-state index contributed by atoms with van der Waals surface area (Å²) in [4.78, 5) is 2.28. The third-order valence-electron chi connectivity index (χ3n) is 3.92. The maximum atomic E-state index is 4.05. The Labute approximate surface area is 122 Å². The minimum Gasteiger partial charge on any atom is -0.373 e. The van der Waals surface area contributed by atoms with Gasteiger partial charge in [-0.25, -0.2) is 0 Å². The molecule has 0 amide bonds. The summed E-state index contributed by atoms with van der Waals surface area (Å²) in [6, 6.07) is 19.2. The number of hydrogen-bond donors (Lipinski definition) is 0. The summed E-state index contributed by atoms with van der Waals surface area (Å²) in [6.07, 6.45) is 2.05. The Morgan fingerprint density at radius 2 is 1.65 bits per heavy atom. The third kappa shape index (κ3) is 3.11. The number of benzene rings is 2. The molecule has 1 nitrogen and oxygen atoms in total. The Balaban J connectivity index is 2.23. The largest absolute Gasteiger partial charge is 0.373 e. The standard InChI is InChI=1S/C19H23N/c1-5-19(3,17-13-11-16(2)12-14-17)15-20(4)18-9-7-6-8-10-18/h5-14H,1,15H2,2-4H3/t19-/m1/s1. The monoisotopic (exact) mass is 265 g/mol. The first kappa shape index (κ1) is 14.4. The molecule has 0 N–H and O–H groups in total. The molecule has 0 aromatic heterocycles. The first-order valence-electron chi connectivity index (χ1n) is 7.02. The molecule has 2 aromatic rings. The normalized spacial score (nSPS) is 13.6. The van der Waals surface area contributed by atoms with Gasteiger partial charge in [0, 0.05) is 24.7 Å². The average Bonchev–Trinajstić information content (AvgIpc) is 2.48. The summed E-state index contributed by atoms with van der Waals surface area (Å²) in [5.74, 6) is 0. The number of rotatable bonds is 5. The van der Waals surface area contributed by atoms with Crippen LogP contribution in [0.15, 0.2) is 67.3 Å². The number of anilines is 1. The minimum absolute atomic E-state index is 0.0573. The lowest BCUT2D eigenvalue weighted by Crippen LogP contribution is -2.35. The van der Waals surface area contributed by atoms with E-state index in [0.29, 0.717) is 0 Å². The average molecular weight is 265 g/mol. The molecule has 1 heteroatoms. The molecule has 0 bridgehead atoms. The highest BCUT2D eigenvalue weighted by molar-refractivity contribution is 5.47. The van der Waals surface area contributed by atoms with Gasteiger partial charge in [-0.2, -0.15) is 0 Å². The SMILES string of the molecule is C=C[C@](C)(CN(C)c1ccccc1)c1ccc(C)cc1. The number of para-hydroxylation sites is 1. The summed E-state index contributed by atoms with van der Waals surface area (Å²) < 4.78 is 0. The molecular weight excluding hydrogens is 242 g/mol. The Hall–Kier alpha value is -2.02. The zero-order chi connectivity index (χ0) is 14.6. The van der Waals surface area contributed by atoms with Crippen molar-refractivity contribution in [1.29, 1.82) is 0 Å². The molecule has 0 radical (unpaired) electrons. The zero-order valence-corrected chi connectivity index (χ0v) is 12.6. The maximum absolute atomic E-state index is 4.05. The van der Waals surface area contributed by atoms with Gasteiger partial charge in [-0.15, -0.1) is 6.58 Å². The van der Waals surface area contributed by atoms with Gasteiger partial charge in [0.2, 0.25) is 0 Å². The predicted molar refractivity (Wildman–Crippen MR) is 88.4 cm³/mol. The predicted octanol–water partition coefficient (Wildman–Crippen LogP) is 4.58. The van der Waals surface area contributed by atoms with E-state index in [0.717, 1.165) is 6.54 Å². The Morgan fingerprint density at radius 3 is 2.20 bits per heavy atom. The second-order valence-electron chi connectivity index (χ2n) is 5.68. The van der Waals surface area contributed by atoms with Crippen LogP contribution in [0.4, 0.5) is 5.69 Å². The second-order valence-corrected chi connectivity index (χ2v) is 5.68. The van der Waals surface area contributed by atoms with Crippen molar-refractivity contribution in [3.8, 4) is 0 Å². The van der Waals surface area contributed by atoms with Gasteiger partial charge >= 0.3 is 0 Å². The second kappa shape index (κ2) is 5.96. The Bertz CT molecular complexity index is 556. The van der Waals surface area contributed by atoms with Gasteiger partial charge in [0.05, 0.1) is 0 Å². The number of nitrogens with zero attached hydrogens (tertiary/aromatic N) is 1. The van der Waals surface area contributed by atoms with Crippen molar-refractivity contribution in [2.75, 3.05) is 18.5 Å². The van der Waals surface area contributed by atoms with Crippen LogP contribution in [-0.4, -0.2) is 13.6 Å². The molecule has 104 valence electrons. The topological polar surface area (TPSA) is 3.24 Å². The van der Waals surface area contributed by atoms with E-state index < -0.39 is 0 Å². The van der Waals surface area contributed by atoms with Gasteiger partial charge < -0.3 is 4.90 Å². The molecule has 0 fully saturated rings. The first-order valence-corrected chi connectivity index (χ1v) is 7.02. The van der Waals surface area contributed by atoms with E-state index in [4.69, 9.17) is 0 Å². The van der Waals surface area contributed by atoms with Gasteiger partial charge in [0.1, 0.15) is 0 Å². The van der Waals surface area contributed by atoms with Crippen LogP contribution in [-0.2, 0) is 5.41 Å². The molecule has 2 rings (SSSR count). The quantitative estimate of drug-likeness (QED) is 0.715. The van der Waals surface area contributed by atoms with Crippen molar-refractivity contribution >= 4 is 5.69 Å². The summed E-state index contributed by atoms with van der Waals surface area (Å²) in [5.41, 5.74) is 3.77. The molecule has 0 heterocycles. The fraction of sp³-hybridized carbons (Fsp3) is 0.263. The van der Waals surface area contributed by atoms with Gasteiger partial charge in [0.15, 0.2) is 0 Å². The third-order valence-corrected chi connectivity index (χ3v) is 3.92. The Kier molecular flexibility index (Phi) is 4.29. The molecule has 2 aromatic carbocycles. The van der Waals surface area contributed by atoms with Crippen LogP contribution >= 0.6 is 0 Å². The summed E-state index contributed by atoms with van der Waals surface area (Å²) in [5, 5.41) is 0. The van der Waals surface area contributed by atoms with Crippen molar-refractivity contribution in [3.05, 3.63) is 78.4 Å². The van der Waals surface area contributed by atoms with E-state index in [9.17, 15) is 0 Å². The summed E-state index contributed by atoms with van der Waals surface area (Å²) >= 11 is 0. The molecule has 0 spiro atoms. The first-order chi connectivity index (χ1) is 9.55. The maximum Gasteiger partial charge on any atom is 0.0363 e. The molecule has 0 aliphatic carbocycles. The van der Waals surface area contributed by atoms with Gasteiger partial charge in [-0.1, -0.05) is 61.0 Å². The van der Waals surface area contributed by atoms with Crippen LogP contribution in [0.2, 0.25) is 0 Å². The lowest BCUT2D eigenvalue weighted by atomic mass is 9.81. The van der Waals surface area contributed by atoms with Gasteiger partial charge in [0.25, 0.3) is 0 Å². The van der Waals surface area contributed by atoms with E-state index in [1.807, 2.05) is 6.07 Å². The number of aryl methyl sites for hydroxylation is 1. The highest BCUT2D eigenvalue weighted by Crippen LogP contribution is 2.28. The number of likely N-dealkylation sites (N-methyl/N-ethyl adjacent to an activating group) is 1. The molecule has 1 atom stereocenters. The van der Waals surface area contributed by atoms with Crippen molar-refractivity contribution in [3.63, 3.8) is 0 Å². The number of hydrogen-bond acceptors (Lipinski definition) is 1. The van der Waals surface area contributed by atoms with Crippen LogP contribution in [0.25, 0.3) is 0 Å². The lowest BCUT2D eigenvalue weighted by Gasteiger charge is -2.33. The van der Waals surface area contributed by atoms with Crippen LogP contribution < -0.4 is 4.90 Å². The molecule has 0 aliphatic heterocycles. The van der Waals surface area contributed by atoms with E-state index in [1.54, 1.807) is 0 Å². The van der Waals surface area contributed by atoms with Crippen molar-refractivity contribution in [1.82, 2.24) is 0 Å². The van der Waals surface area contributed by atoms with E-state index in [2.05, 4.69) is 87.0 Å². The highest BCUT2D eigenvalue weighted by atomic mass is 15.1. The molecule has 0 aliphatic rings. The zero-order valence-electron chi connectivity index (χ0n) is 12.6. The molecule has 0 saturated carbocycles. The van der Waals surface area contributed by atoms with Crippen LogP contribution in [0.5, 0.6) is 0 Å². The molecule has 20 heavy (non-hydrogen) atoms. The summed E-state index contributed by atoms with van der Waals surface area (Å²) in [6.45, 7) is 9.31. The van der Waals surface area contributed by atoms with Crippen LogP contribution in [0.3, 0.4) is 0 Å². The van der Waals surface area contributed by atoms with E-state index in [1.165, 1.54) is 16.8 Å². The molecule has 0 saturated heterocycles. The van der Waals surface area contributed by atoms with E-state index >= 15 is 0 Å². The molecule has 0 unspecified atom stereocenters. The Morgan fingerprint density at radius 1 is 1.05 bits per heavy atom. The smallest absolute Gasteiger partial charge is 0.0363 e. The van der Waals surface area contributed by atoms with Crippen molar-refractivity contribution < 1.29 is 0 Å². The van der Waals surface area contributed by atoms with E-state index in [-0.39, 0.29) is 5.41 Å². The minimum atomic E-state index is -0.0573. The lowest BCUT2D eigenvalue weighted by molar-refractivity contribution is 0.589. The fourth-order valence-corrected chi connectivity index (χ4v) is 2.47. The van der Waals surface area contributed by atoms with Gasteiger partial charge in [-0.05, 0) is 24.6 Å². The van der Waals surface area contributed by atoms with Gasteiger partial charge in [-0.3, -0.25) is 0 Å².